The smallest absolute Gasteiger partial charge is 0.303 e. The zero-order chi connectivity index (χ0) is 17.2. The predicted molar refractivity (Wildman–Crippen MR) is 99.1 cm³/mol. The minimum absolute atomic E-state index is 0.397. The zero-order valence-corrected chi connectivity index (χ0v) is 16.0. The number of carboxylic acid groups (broad SMARTS) is 1. The monoisotopic (exact) mass is 344 g/mol. The number of rotatable bonds is 3. The van der Waals surface area contributed by atoms with Gasteiger partial charge < -0.3 is 5.11 Å². The molecule has 2 nitrogen and oxygen atoms in total. The van der Waals surface area contributed by atoms with Crippen LogP contribution in [0.3, 0.4) is 0 Å². The lowest BCUT2D eigenvalue weighted by atomic mass is 9.40. The second kappa shape index (κ2) is 5.73. The van der Waals surface area contributed by atoms with Gasteiger partial charge in [-0.1, -0.05) is 19.8 Å². The highest BCUT2D eigenvalue weighted by Crippen LogP contribution is 2.74. The Morgan fingerprint density at radius 3 is 2.64 bits per heavy atom. The molecule has 1 N–H and O–H groups in total. The van der Waals surface area contributed by atoms with Crippen molar-refractivity contribution in [3.8, 4) is 0 Å². The van der Waals surface area contributed by atoms with E-state index in [1.807, 2.05) is 0 Å². The van der Waals surface area contributed by atoms with Gasteiger partial charge in [-0.05, 0) is 111 Å². The molecule has 0 radical (unpaired) electrons. The molecule has 5 aliphatic rings. The van der Waals surface area contributed by atoms with Crippen LogP contribution in [0, 0.1) is 46.3 Å². The molecule has 0 aromatic heterocycles. The molecule has 0 amide bonds. The fourth-order valence-electron chi connectivity index (χ4n) is 9.34. The zero-order valence-electron chi connectivity index (χ0n) is 16.0. The lowest BCUT2D eigenvalue weighted by Crippen LogP contribution is -2.57. The molecule has 5 rings (SSSR count). The van der Waals surface area contributed by atoms with E-state index in [9.17, 15) is 4.79 Å². The van der Waals surface area contributed by atoms with E-state index in [-0.39, 0.29) is 0 Å². The van der Waals surface area contributed by atoms with Crippen LogP contribution in [0.1, 0.15) is 90.4 Å². The van der Waals surface area contributed by atoms with Gasteiger partial charge >= 0.3 is 5.97 Å². The summed E-state index contributed by atoms with van der Waals surface area (Å²) >= 11 is 0. The first kappa shape index (κ1) is 16.6. The Labute approximate surface area is 153 Å². The predicted octanol–water partition coefficient (Wildman–Crippen LogP) is 5.90. The minimum atomic E-state index is -0.595. The van der Waals surface area contributed by atoms with Crippen LogP contribution in [-0.2, 0) is 4.79 Å². The lowest BCUT2D eigenvalue weighted by Gasteiger charge is -2.65. The van der Waals surface area contributed by atoms with Gasteiger partial charge in [0, 0.05) is 6.42 Å². The topological polar surface area (TPSA) is 37.3 Å². The van der Waals surface area contributed by atoms with Crippen molar-refractivity contribution in [2.24, 2.45) is 46.3 Å². The first-order chi connectivity index (χ1) is 12.0. The Kier molecular flexibility index (Phi) is 3.81. The summed E-state index contributed by atoms with van der Waals surface area (Å²) in [5, 5.41) is 9.05. The molecule has 0 aromatic carbocycles. The molecule has 140 valence electrons. The number of aliphatic carboxylic acids is 1. The lowest BCUT2D eigenvalue weighted by molar-refractivity contribution is -0.162. The van der Waals surface area contributed by atoms with Gasteiger partial charge in [-0.25, -0.2) is 0 Å². The molecule has 2 heteroatoms. The van der Waals surface area contributed by atoms with Gasteiger partial charge in [0.1, 0.15) is 0 Å². The SMILES string of the molecule is CC12CCCC[C@H]1CC[C@@H]1C2CC[C@]23CC(CCC(=O)O)C2CCC13. The third kappa shape index (κ3) is 2.24. The molecule has 0 aliphatic heterocycles. The van der Waals surface area contributed by atoms with E-state index in [0.717, 1.165) is 41.9 Å². The van der Waals surface area contributed by atoms with Crippen molar-refractivity contribution in [1.29, 1.82) is 0 Å². The molecular weight excluding hydrogens is 308 g/mol. The van der Waals surface area contributed by atoms with E-state index in [2.05, 4.69) is 6.92 Å². The van der Waals surface area contributed by atoms with Crippen molar-refractivity contribution in [2.45, 2.75) is 90.4 Å². The molecule has 5 unspecified atom stereocenters. The molecule has 5 fully saturated rings. The average Bonchev–Trinajstić information content (AvgIpc) is 2.87. The number of hydrogen-bond donors (Lipinski definition) is 1. The summed E-state index contributed by atoms with van der Waals surface area (Å²) in [5.74, 6) is 5.07. The summed E-state index contributed by atoms with van der Waals surface area (Å²) in [6, 6.07) is 0. The third-order valence-corrected chi connectivity index (χ3v) is 10.3. The molecule has 5 aliphatic carbocycles. The Hall–Kier alpha value is -0.530. The molecule has 0 aromatic rings. The molecule has 1 spiro atoms. The van der Waals surface area contributed by atoms with Crippen LogP contribution in [0.2, 0.25) is 0 Å². The Morgan fingerprint density at radius 2 is 1.80 bits per heavy atom. The van der Waals surface area contributed by atoms with Gasteiger partial charge in [-0.2, -0.15) is 0 Å². The molecule has 0 bridgehead atoms. The highest BCUT2D eigenvalue weighted by Gasteiger charge is 2.66. The molecule has 5 saturated carbocycles. The fourth-order valence-corrected chi connectivity index (χ4v) is 9.34. The van der Waals surface area contributed by atoms with Gasteiger partial charge in [-0.15, -0.1) is 0 Å². The van der Waals surface area contributed by atoms with Gasteiger partial charge in [-0.3, -0.25) is 4.79 Å². The maximum Gasteiger partial charge on any atom is 0.303 e. The van der Waals surface area contributed by atoms with E-state index >= 15 is 0 Å². The van der Waals surface area contributed by atoms with Crippen molar-refractivity contribution in [2.75, 3.05) is 0 Å². The van der Waals surface area contributed by atoms with Crippen LogP contribution < -0.4 is 0 Å². The number of carboxylic acids is 1. The van der Waals surface area contributed by atoms with Crippen molar-refractivity contribution in [3.05, 3.63) is 0 Å². The fraction of sp³-hybridized carbons (Fsp3) is 0.957. The summed E-state index contributed by atoms with van der Waals surface area (Å²) in [6.07, 6.45) is 17.6. The van der Waals surface area contributed by atoms with Crippen LogP contribution in [0.4, 0.5) is 0 Å². The minimum Gasteiger partial charge on any atom is -0.481 e. The molecule has 0 heterocycles. The van der Waals surface area contributed by atoms with Crippen LogP contribution in [0.25, 0.3) is 0 Å². The highest BCUT2D eigenvalue weighted by atomic mass is 16.4. The van der Waals surface area contributed by atoms with Crippen molar-refractivity contribution >= 4 is 5.97 Å². The summed E-state index contributed by atoms with van der Waals surface area (Å²) in [7, 11) is 0. The van der Waals surface area contributed by atoms with Crippen molar-refractivity contribution < 1.29 is 9.90 Å². The van der Waals surface area contributed by atoms with Crippen molar-refractivity contribution in [1.82, 2.24) is 0 Å². The highest BCUT2D eigenvalue weighted by molar-refractivity contribution is 5.66. The Bertz CT molecular complexity index is 556. The Morgan fingerprint density at radius 1 is 0.960 bits per heavy atom. The van der Waals surface area contributed by atoms with Crippen LogP contribution in [-0.4, -0.2) is 11.1 Å². The standard InChI is InChI=1S/C23H36O2/c1-22-12-3-2-4-16(22)6-7-17-19(22)11-13-23-14-15(5-10-21(24)25)18(23)8-9-20(17)23/h15-20H,2-14H2,1H3,(H,24,25)/t15?,16-,17+,18?,19?,20?,22?,23-/m0/s1. The second-order valence-electron chi connectivity index (χ2n) is 10.8. The quantitative estimate of drug-likeness (QED) is 0.692. The summed E-state index contributed by atoms with van der Waals surface area (Å²) in [5.41, 5.74) is 1.31. The maximum absolute atomic E-state index is 11.0. The van der Waals surface area contributed by atoms with Gasteiger partial charge in [0.25, 0.3) is 0 Å². The van der Waals surface area contributed by atoms with E-state index < -0.39 is 5.97 Å². The first-order valence-corrected chi connectivity index (χ1v) is 11.3. The van der Waals surface area contributed by atoms with Gasteiger partial charge in [0.05, 0.1) is 0 Å². The maximum atomic E-state index is 11.0. The summed E-state index contributed by atoms with van der Waals surface area (Å²) < 4.78 is 0. The summed E-state index contributed by atoms with van der Waals surface area (Å²) in [4.78, 5) is 11.0. The van der Waals surface area contributed by atoms with Crippen LogP contribution in [0.5, 0.6) is 0 Å². The van der Waals surface area contributed by atoms with E-state index in [4.69, 9.17) is 5.11 Å². The van der Waals surface area contributed by atoms with E-state index in [1.165, 1.54) is 70.6 Å². The van der Waals surface area contributed by atoms with Crippen LogP contribution in [0.15, 0.2) is 0 Å². The first-order valence-electron chi connectivity index (χ1n) is 11.3. The molecular formula is C23H36O2. The van der Waals surface area contributed by atoms with Gasteiger partial charge in [0.15, 0.2) is 0 Å². The van der Waals surface area contributed by atoms with E-state index in [1.54, 1.807) is 0 Å². The number of hydrogen-bond acceptors (Lipinski definition) is 1. The molecule has 25 heavy (non-hydrogen) atoms. The largest absolute Gasteiger partial charge is 0.481 e. The average molecular weight is 345 g/mol. The second-order valence-corrected chi connectivity index (χ2v) is 10.8. The summed E-state index contributed by atoms with van der Waals surface area (Å²) in [6.45, 7) is 2.68. The molecule has 0 saturated heterocycles. The molecule has 8 atom stereocenters. The van der Waals surface area contributed by atoms with E-state index in [0.29, 0.717) is 17.3 Å². The van der Waals surface area contributed by atoms with Crippen LogP contribution >= 0.6 is 0 Å². The van der Waals surface area contributed by atoms with Gasteiger partial charge in [0.2, 0.25) is 0 Å². The van der Waals surface area contributed by atoms with Crippen molar-refractivity contribution in [3.63, 3.8) is 0 Å². The third-order valence-electron chi connectivity index (χ3n) is 10.3. The normalized spacial score (nSPS) is 53.8. The Balaban J connectivity index is 1.34. The number of carbonyl (C=O) groups is 1. The number of fused-ring (bicyclic) bond motifs is 4.